The Labute approximate surface area is 170 Å². The lowest BCUT2D eigenvalue weighted by Crippen LogP contribution is -2.56. The molecule has 1 atom stereocenters. The van der Waals surface area contributed by atoms with Gasteiger partial charge in [0.1, 0.15) is 18.2 Å². The van der Waals surface area contributed by atoms with Gasteiger partial charge in [-0.15, -0.1) is 24.0 Å². The topological polar surface area (TPSA) is 57.2 Å². The van der Waals surface area contributed by atoms with Gasteiger partial charge in [-0.05, 0) is 34.6 Å². The molecule has 1 aliphatic rings. The van der Waals surface area contributed by atoms with Crippen LogP contribution >= 0.6 is 24.0 Å². The largest absolute Gasteiger partial charge is 0.459 e. The van der Waals surface area contributed by atoms with Gasteiger partial charge in [0.05, 0.1) is 0 Å². The van der Waals surface area contributed by atoms with E-state index in [1.54, 1.807) is 20.8 Å². The third kappa shape index (κ3) is 8.74. The zero-order valence-corrected chi connectivity index (χ0v) is 18.4. The van der Waals surface area contributed by atoms with Crippen LogP contribution in [0.5, 0.6) is 0 Å². The summed E-state index contributed by atoms with van der Waals surface area (Å²) >= 11 is 0. The lowest BCUT2D eigenvalue weighted by atomic mass is 10.2. The number of hydrogen-bond donors (Lipinski definition) is 1. The van der Waals surface area contributed by atoms with E-state index < -0.39 is 23.8 Å². The first-order valence-corrected chi connectivity index (χ1v) is 8.50. The zero-order chi connectivity index (χ0) is 19.3. The molecule has 1 unspecified atom stereocenters. The summed E-state index contributed by atoms with van der Waals surface area (Å²) < 4.78 is 43.7. The maximum Gasteiger partial charge on any atom is 0.403 e. The highest BCUT2D eigenvalue weighted by Crippen LogP contribution is 2.25. The Morgan fingerprint density at radius 1 is 1.19 bits per heavy atom. The Bertz CT molecular complexity index is 473. The van der Waals surface area contributed by atoms with E-state index in [2.05, 4.69) is 10.3 Å². The van der Waals surface area contributed by atoms with Gasteiger partial charge in [-0.1, -0.05) is 0 Å². The van der Waals surface area contributed by atoms with Gasteiger partial charge < -0.3 is 15.0 Å². The highest BCUT2D eigenvalue weighted by molar-refractivity contribution is 14.0. The van der Waals surface area contributed by atoms with Crippen molar-refractivity contribution in [1.82, 2.24) is 15.1 Å². The zero-order valence-electron chi connectivity index (χ0n) is 16.0. The molecule has 0 aromatic carbocycles. The molecule has 0 aromatic rings. The fraction of sp³-hybridized carbons (Fsp3) is 0.875. The van der Waals surface area contributed by atoms with Gasteiger partial charge in [0.2, 0.25) is 0 Å². The van der Waals surface area contributed by atoms with Crippen molar-refractivity contribution in [3.63, 3.8) is 0 Å². The van der Waals surface area contributed by atoms with E-state index in [0.29, 0.717) is 25.6 Å². The van der Waals surface area contributed by atoms with Crippen molar-refractivity contribution < 1.29 is 22.7 Å². The number of guanidine groups is 1. The van der Waals surface area contributed by atoms with Gasteiger partial charge in [0.25, 0.3) is 0 Å². The second-order valence-corrected chi connectivity index (χ2v) is 7.00. The third-order valence-corrected chi connectivity index (χ3v) is 3.75. The molecule has 0 aromatic heterocycles. The molecule has 1 heterocycles. The van der Waals surface area contributed by atoms with E-state index in [1.807, 2.05) is 11.8 Å². The van der Waals surface area contributed by atoms with Crippen molar-refractivity contribution >= 4 is 35.9 Å². The van der Waals surface area contributed by atoms with Crippen molar-refractivity contribution in [2.75, 3.05) is 39.3 Å². The first-order chi connectivity index (χ1) is 11.4. The summed E-state index contributed by atoms with van der Waals surface area (Å²) in [5.41, 5.74) is -0.579. The van der Waals surface area contributed by atoms with Crippen LogP contribution in [0.2, 0.25) is 0 Å². The first kappa shape index (κ1) is 25.2. The van der Waals surface area contributed by atoms with Crippen LogP contribution < -0.4 is 5.32 Å². The van der Waals surface area contributed by atoms with Crippen molar-refractivity contribution in [3.8, 4) is 0 Å². The van der Waals surface area contributed by atoms with Crippen molar-refractivity contribution in [2.45, 2.75) is 52.4 Å². The van der Waals surface area contributed by atoms with Crippen LogP contribution in [0.1, 0.15) is 34.6 Å². The molecule has 0 spiro atoms. The molecule has 1 saturated heterocycles. The summed E-state index contributed by atoms with van der Waals surface area (Å²) in [4.78, 5) is 19.3. The molecule has 0 aliphatic carbocycles. The SMILES string of the molecule is CCNC(=NCC(=O)OC(C)(C)C)N1CCN(C(C)C(F)(F)F)CC1.I. The molecule has 26 heavy (non-hydrogen) atoms. The van der Waals surface area contributed by atoms with Gasteiger partial charge in [-0.25, -0.2) is 4.99 Å². The summed E-state index contributed by atoms with van der Waals surface area (Å²) in [6.45, 7) is 10.3. The van der Waals surface area contributed by atoms with Crippen LogP contribution in [0.25, 0.3) is 0 Å². The van der Waals surface area contributed by atoms with Crippen LogP contribution in [-0.4, -0.2) is 78.8 Å². The third-order valence-electron chi connectivity index (χ3n) is 3.75. The van der Waals surface area contributed by atoms with Gasteiger partial charge in [-0.2, -0.15) is 13.2 Å². The van der Waals surface area contributed by atoms with E-state index in [9.17, 15) is 18.0 Å². The molecule has 6 nitrogen and oxygen atoms in total. The average Bonchev–Trinajstić information content (AvgIpc) is 2.48. The fourth-order valence-corrected chi connectivity index (χ4v) is 2.47. The van der Waals surface area contributed by atoms with E-state index in [-0.39, 0.29) is 43.6 Å². The highest BCUT2D eigenvalue weighted by atomic mass is 127. The summed E-state index contributed by atoms with van der Waals surface area (Å²) in [5.74, 6) is 0.0832. The average molecular weight is 494 g/mol. The van der Waals surface area contributed by atoms with E-state index in [0.717, 1.165) is 0 Å². The van der Waals surface area contributed by atoms with Crippen LogP contribution in [-0.2, 0) is 9.53 Å². The van der Waals surface area contributed by atoms with Gasteiger partial charge in [0, 0.05) is 32.7 Å². The Morgan fingerprint density at radius 3 is 2.15 bits per heavy atom. The summed E-state index contributed by atoms with van der Waals surface area (Å²) in [6.07, 6.45) is -4.22. The number of ether oxygens (including phenoxy) is 1. The maximum absolute atomic E-state index is 12.8. The number of alkyl halides is 3. The predicted octanol–water partition coefficient (Wildman–Crippen LogP) is 2.48. The molecule has 1 fully saturated rings. The molecular formula is C16H30F3IN4O2. The van der Waals surface area contributed by atoms with Crippen LogP contribution in [0, 0.1) is 0 Å². The number of aliphatic imine (C=N–C) groups is 1. The quantitative estimate of drug-likeness (QED) is 0.282. The number of esters is 1. The second-order valence-electron chi connectivity index (χ2n) is 7.00. The van der Waals surface area contributed by atoms with Crippen LogP contribution in [0.15, 0.2) is 4.99 Å². The van der Waals surface area contributed by atoms with Crippen molar-refractivity contribution in [3.05, 3.63) is 0 Å². The molecule has 0 saturated carbocycles. The molecule has 10 heteroatoms. The molecule has 154 valence electrons. The monoisotopic (exact) mass is 494 g/mol. The van der Waals surface area contributed by atoms with Gasteiger partial charge >= 0.3 is 12.1 Å². The van der Waals surface area contributed by atoms with E-state index in [4.69, 9.17) is 4.74 Å². The van der Waals surface area contributed by atoms with Crippen molar-refractivity contribution in [1.29, 1.82) is 0 Å². The first-order valence-electron chi connectivity index (χ1n) is 8.50. The summed E-state index contributed by atoms with van der Waals surface area (Å²) in [5, 5.41) is 3.07. The lowest BCUT2D eigenvalue weighted by molar-refractivity contribution is -0.181. The number of nitrogens with zero attached hydrogens (tertiary/aromatic N) is 3. The molecule has 1 rings (SSSR count). The standard InChI is InChI=1S/C16H29F3N4O2.HI/c1-6-20-14(21-11-13(24)25-15(3,4)5)23-9-7-22(8-10-23)12(2)16(17,18)19;/h12H,6-11H2,1-5H3,(H,20,21);1H. The Morgan fingerprint density at radius 2 is 1.73 bits per heavy atom. The van der Waals surface area contributed by atoms with Gasteiger partial charge in [0.15, 0.2) is 5.96 Å². The molecule has 1 N–H and O–H groups in total. The Balaban J connectivity index is 0.00000625. The summed E-state index contributed by atoms with van der Waals surface area (Å²) in [7, 11) is 0. The summed E-state index contributed by atoms with van der Waals surface area (Å²) in [6, 6.07) is -1.46. The second kappa shape index (κ2) is 10.5. The number of piperazine rings is 1. The Kier molecular flexibility index (Phi) is 10.2. The number of rotatable bonds is 4. The maximum atomic E-state index is 12.8. The molecule has 0 amide bonds. The molecule has 1 aliphatic heterocycles. The highest BCUT2D eigenvalue weighted by Gasteiger charge is 2.41. The minimum absolute atomic E-state index is 0. The number of halogens is 4. The number of carbonyl (C=O) groups is 1. The number of nitrogens with one attached hydrogen (secondary N) is 1. The van der Waals surface area contributed by atoms with Crippen LogP contribution in [0.4, 0.5) is 13.2 Å². The number of carbonyl (C=O) groups excluding carboxylic acids is 1. The minimum atomic E-state index is -4.22. The predicted molar refractivity (Wildman–Crippen MR) is 106 cm³/mol. The van der Waals surface area contributed by atoms with Crippen LogP contribution in [0.3, 0.4) is 0 Å². The number of hydrogen-bond acceptors (Lipinski definition) is 4. The van der Waals surface area contributed by atoms with E-state index in [1.165, 1.54) is 11.8 Å². The Hall–Kier alpha value is -0.780. The normalized spacial score (nSPS) is 18.2. The van der Waals surface area contributed by atoms with Gasteiger partial charge in [-0.3, -0.25) is 9.69 Å². The molecule has 0 radical (unpaired) electrons. The lowest BCUT2D eigenvalue weighted by Gasteiger charge is -2.39. The van der Waals surface area contributed by atoms with Crippen molar-refractivity contribution in [2.24, 2.45) is 4.99 Å². The molecular weight excluding hydrogens is 464 g/mol. The minimum Gasteiger partial charge on any atom is -0.459 e. The fourth-order valence-electron chi connectivity index (χ4n) is 2.47. The van der Waals surface area contributed by atoms with E-state index >= 15 is 0 Å². The smallest absolute Gasteiger partial charge is 0.403 e. The molecule has 0 bridgehead atoms.